The molecule has 1 fully saturated rings. The van der Waals surface area contributed by atoms with Crippen LogP contribution in [0.5, 0.6) is 0 Å². The standard InChI is InChI=1S/C6H9NO.C3H14O2Si3/c1-2-7-5-3-4-6(7)8;1-8(2,3)5-7-4-6/h2H,1,3-5H2;7H2,1-3,6H3. The van der Waals surface area contributed by atoms with Gasteiger partial charge in [0.1, 0.15) is 10.5 Å². The van der Waals surface area contributed by atoms with Crippen LogP contribution in [0.3, 0.4) is 0 Å². The molecule has 1 aliphatic rings. The molecule has 0 radical (unpaired) electrons. The highest BCUT2D eigenvalue weighted by atomic mass is 28.4. The van der Waals surface area contributed by atoms with Crippen molar-refractivity contribution in [2.45, 2.75) is 32.5 Å². The van der Waals surface area contributed by atoms with Crippen molar-refractivity contribution in [3.8, 4) is 0 Å². The van der Waals surface area contributed by atoms with Gasteiger partial charge in [0, 0.05) is 13.0 Å². The molecule has 0 aromatic carbocycles. The van der Waals surface area contributed by atoms with Gasteiger partial charge in [-0.1, -0.05) is 6.58 Å². The summed E-state index contributed by atoms with van der Waals surface area (Å²) in [4.78, 5) is 12.3. The Hall–Kier alpha value is -0.219. The van der Waals surface area contributed by atoms with Crippen molar-refractivity contribution >= 4 is 34.7 Å². The maximum absolute atomic E-state index is 10.7. The van der Waals surface area contributed by atoms with Crippen LogP contribution in [0.2, 0.25) is 19.6 Å². The van der Waals surface area contributed by atoms with Gasteiger partial charge < -0.3 is 13.1 Å². The van der Waals surface area contributed by atoms with Crippen LogP contribution in [0.25, 0.3) is 0 Å². The van der Waals surface area contributed by atoms with Crippen LogP contribution in [0.4, 0.5) is 0 Å². The number of amides is 1. The predicted octanol–water partition coefficient (Wildman–Crippen LogP) is -0.114. The van der Waals surface area contributed by atoms with Gasteiger partial charge in [-0.15, -0.1) is 0 Å². The first-order valence-electron chi connectivity index (χ1n) is 5.45. The van der Waals surface area contributed by atoms with E-state index in [1.54, 1.807) is 11.1 Å². The fraction of sp³-hybridized carbons (Fsp3) is 0.667. The minimum Gasteiger partial charge on any atom is -0.449 e. The van der Waals surface area contributed by atoms with Crippen LogP contribution >= 0.6 is 0 Å². The average Bonchev–Trinajstić information content (AvgIpc) is 2.60. The Labute approximate surface area is 105 Å². The lowest BCUT2D eigenvalue weighted by molar-refractivity contribution is -0.125. The fourth-order valence-electron chi connectivity index (χ4n) is 1.10. The van der Waals surface area contributed by atoms with Crippen LogP contribution in [-0.2, 0) is 13.0 Å². The SMILES string of the molecule is C=CN1CCCC1=O.C[Si](C)(C)O[SiH2]O[SiH3]. The summed E-state index contributed by atoms with van der Waals surface area (Å²) in [6.45, 7) is 10.9. The van der Waals surface area contributed by atoms with Crippen molar-refractivity contribution in [1.82, 2.24) is 4.90 Å². The van der Waals surface area contributed by atoms with Crippen molar-refractivity contribution in [3.05, 3.63) is 12.8 Å². The summed E-state index contributed by atoms with van der Waals surface area (Å²) >= 11 is 0. The molecule has 1 amide bonds. The third-order valence-electron chi connectivity index (χ3n) is 1.94. The van der Waals surface area contributed by atoms with Crippen LogP contribution in [-0.4, -0.2) is 46.2 Å². The third-order valence-corrected chi connectivity index (χ3v) is 6.82. The Kier molecular flexibility index (Phi) is 7.85. The Balaban J connectivity index is 0.000000281. The molecule has 0 aliphatic carbocycles. The molecule has 0 spiro atoms. The quantitative estimate of drug-likeness (QED) is 0.673. The smallest absolute Gasteiger partial charge is 0.283 e. The molecule has 4 nitrogen and oxygen atoms in total. The first-order valence-corrected chi connectivity index (χ1v) is 10.8. The Bertz CT molecular complexity index is 231. The minimum absolute atomic E-state index is 0.208. The van der Waals surface area contributed by atoms with Gasteiger partial charge in [-0.2, -0.15) is 0 Å². The number of likely N-dealkylation sites (tertiary alicyclic amines) is 1. The zero-order valence-electron chi connectivity index (χ0n) is 10.8. The molecule has 94 valence electrons. The number of carbonyl (C=O) groups excluding carboxylic acids is 1. The Morgan fingerprint density at radius 2 is 2.19 bits per heavy atom. The summed E-state index contributed by atoms with van der Waals surface area (Å²) < 4.78 is 10.5. The molecule has 0 aromatic rings. The molecule has 1 heterocycles. The third kappa shape index (κ3) is 7.99. The summed E-state index contributed by atoms with van der Waals surface area (Å²) in [6.07, 6.45) is 3.28. The molecule has 16 heavy (non-hydrogen) atoms. The lowest BCUT2D eigenvalue weighted by Crippen LogP contribution is -2.28. The van der Waals surface area contributed by atoms with Gasteiger partial charge in [0.25, 0.3) is 10.0 Å². The van der Waals surface area contributed by atoms with Gasteiger partial charge in [-0.25, -0.2) is 0 Å². The van der Waals surface area contributed by atoms with Crippen LogP contribution < -0.4 is 0 Å². The summed E-state index contributed by atoms with van der Waals surface area (Å²) in [6, 6.07) is 0. The topological polar surface area (TPSA) is 38.8 Å². The lowest BCUT2D eigenvalue weighted by atomic mass is 10.4. The Morgan fingerprint density at radius 3 is 2.38 bits per heavy atom. The highest BCUT2D eigenvalue weighted by molar-refractivity contribution is 6.73. The van der Waals surface area contributed by atoms with Gasteiger partial charge >= 0.3 is 0 Å². The van der Waals surface area contributed by atoms with Crippen molar-refractivity contribution in [3.63, 3.8) is 0 Å². The first kappa shape index (κ1) is 15.8. The second-order valence-corrected chi connectivity index (χ2v) is 12.5. The van der Waals surface area contributed by atoms with Gasteiger partial charge in [-0.3, -0.25) is 4.79 Å². The number of nitrogens with zero attached hydrogens (tertiary/aromatic N) is 1. The van der Waals surface area contributed by atoms with Gasteiger partial charge in [0.2, 0.25) is 5.91 Å². The minimum atomic E-state index is -1.22. The van der Waals surface area contributed by atoms with E-state index in [1.807, 2.05) is 0 Å². The van der Waals surface area contributed by atoms with Crippen molar-refractivity contribution in [2.75, 3.05) is 6.54 Å². The summed E-state index contributed by atoms with van der Waals surface area (Å²) in [5.41, 5.74) is 0. The van der Waals surface area contributed by atoms with E-state index in [9.17, 15) is 4.79 Å². The second kappa shape index (κ2) is 7.96. The van der Waals surface area contributed by atoms with Gasteiger partial charge in [0.15, 0.2) is 8.32 Å². The normalized spacial score (nSPS) is 16.7. The molecule has 0 N–H and O–H groups in total. The highest BCUT2D eigenvalue weighted by Gasteiger charge is 2.16. The van der Waals surface area contributed by atoms with E-state index < -0.39 is 18.3 Å². The molecule has 0 saturated carbocycles. The van der Waals surface area contributed by atoms with E-state index >= 15 is 0 Å². The lowest BCUT2D eigenvalue weighted by Gasteiger charge is -2.15. The number of hydrogen-bond donors (Lipinski definition) is 0. The maximum atomic E-state index is 10.7. The summed E-state index contributed by atoms with van der Waals surface area (Å²) in [7, 11) is -0.937. The second-order valence-electron chi connectivity index (χ2n) is 4.54. The molecule has 1 rings (SSSR count). The highest BCUT2D eigenvalue weighted by Crippen LogP contribution is 2.08. The number of carbonyl (C=O) groups is 1. The molecule has 1 saturated heterocycles. The fourth-order valence-corrected chi connectivity index (χ4v) is 4.04. The zero-order valence-corrected chi connectivity index (χ0v) is 15.2. The number of hydrogen-bond acceptors (Lipinski definition) is 3. The van der Waals surface area contributed by atoms with E-state index in [1.165, 1.54) is 0 Å². The van der Waals surface area contributed by atoms with Gasteiger partial charge in [0.05, 0.1) is 0 Å². The molecule has 1 aliphatic heterocycles. The molecule has 0 unspecified atom stereocenters. The predicted molar refractivity (Wildman–Crippen MR) is 75.1 cm³/mol. The number of rotatable bonds is 4. The monoisotopic (exact) mass is 277 g/mol. The largest absolute Gasteiger partial charge is 0.449 e. The summed E-state index contributed by atoms with van der Waals surface area (Å²) in [5.74, 6) is 0.208. The van der Waals surface area contributed by atoms with E-state index in [0.717, 1.165) is 23.5 Å². The van der Waals surface area contributed by atoms with E-state index in [2.05, 4.69) is 26.2 Å². The molecular formula is C9H23NO3Si3. The molecule has 0 bridgehead atoms. The molecule has 0 atom stereocenters. The van der Waals surface area contributed by atoms with E-state index in [-0.39, 0.29) is 5.91 Å². The van der Waals surface area contributed by atoms with Crippen LogP contribution in [0, 0.1) is 0 Å². The molecule has 0 aromatic heterocycles. The van der Waals surface area contributed by atoms with E-state index in [0.29, 0.717) is 6.42 Å². The first-order chi connectivity index (χ1) is 7.40. The van der Waals surface area contributed by atoms with Crippen molar-refractivity contribution in [2.24, 2.45) is 0 Å². The maximum Gasteiger partial charge on any atom is 0.283 e. The molecule has 7 heteroatoms. The zero-order chi connectivity index (χ0) is 12.6. The van der Waals surface area contributed by atoms with Crippen molar-refractivity contribution in [1.29, 1.82) is 0 Å². The summed E-state index contributed by atoms with van der Waals surface area (Å²) in [5, 5.41) is 0. The van der Waals surface area contributed by atoms with Crippen LogP contribution in [0.1, 0.15) is 12.8 Å². The van der Waals surface area contributed by atoms with Crippen molar-refractivity contribution < 1.29 is 13.0 Å². The average molecular weight is 278 g/mol. The molecular weight excluding hydrogens is 254 g/mol. The van der Waals surface area contributed by atoms with Gasteiger partial charge in [-0.05, 0) is 32.3 Å². The van der Waals surface area contributed by atoms with Crippen LogP contribution in [0.15, 0.2) is 12.8 Å². The Morgan fingerprint density at radius 1 is 1.56 bits per heavy atom. The van der Waals surface area contributed by atoms with E-state index in [4.69, 9.17) is 8.23 Å².